The maximum absolute atomic E-state index is 13.6. The van der Waals surface area contributed by atoms with Crippen molar-refractivity contribution < 1.29 is 28.6 Å². The highest BCUT2D eigenvalue weighted by atomic mass is 35.5. The van der Waals surface area contributed by atoms with Gasteiger partial charge in [-0.2, -0.15) is 0 Å². The molecular formula is C15H13ClFNO6. The number of carbonyl (C=O) groups is 2. The molecule has 1 aromatic heterocycles. The van der Waals surface area contributed by atoms with E-state index >= 15 is 0 Å². The van der Waals surface area contributed by atoms with Crippen LogP contribution in [0.3, 0.4) is 0 Å². The first-order valence-electron chi connectivity index (χ1n) is 6.78. The van der Waals surface area contributed by atoms with E-state index in [1.54, 1.807) is 0 Å². The van der Waals surface area contributed by atoms with E-state index in [0.29, 0.717) is 0 Å². The SMILES string of the molecule is CC(=O)OCCOCn1cc(C(=O)O)c(=O)c2cc(F)c(Cl)cc21. The number of aromatic nitrogens is 1. The van der Waals surface area contributed by atoms with E-state index in [1.807, 2.05) is 0 Å². The van der Waals surface area contributed by atoms with Crippen molar-refractivity contribution in [3.05, 3.63) is 45.0 Å². The van der Waals surface area contributed by atoms with Gasteiger partial charge in [-0.05, 0) is 12.1 Å². The summed E-state index contributed by atoms with van der Waals surface area (Å²) in [5, 5.41) is 8.78. The number of aromatic carboxylic acids is 1. The van der Waals surface area contributed by atoms with E-state index < -0.39 is 28.7 Å². The lowest BCUT2D eigenvalue weighted by Gasteiger charge is -2.13. The van der Waals surface area contributed by atoms with Crippen molar-refractivity contribution in [2.45, 2.75) is 13.7 Å². The number of esters is 1. The Labute approximate surface area is 140 Å². The molecule has 0 saturated heterocycles. The summed E-state index contributed by atoms with van der Waals surface area (Å²) in [7, 11) is 0. The molecule has 128 valence electrons. The third kappa shape index (κ3) is 3.90. The van der Waals surface area contributed by atoms with Gasteiger partial charge in [0.25, 0.3) is 0 Å². The topological polar surface area (TPSA) is 94.8 Å². The number of halogens is 2. The lowest BCUT2D eigenvalue weighted by atomic mass is 10.1. The molecule has 2 aromatic rings. The molecule has 0 aliphatic rings. The smallest absolute Gasteiger partial charge is 0.341 e. The van der Waals surface area contributed by atoms with Crippen LogP contribution < -0.4 is 5.43 Å². The third-order valence-electron chi connectivity index (χ3n) is 3.12. The molecular weight excluding hydrogens is 345 g/mol. The minimum absolute atomic E-state index is 0.0225. The van der Waals surface area contributed by atoms with Crippen LogP contribution in [0.1, 0.15) is 17.3 Å². The van der Waals surface area contributed by atoms with Crippen molar-refractivity contribution in [2.24, 2.45) is 0 Å². The number of nitrogens with zero attached hydrogens (tertiary/aromatic N) is 1. The molecule has 0 fully saturated rings. The maximum Gasteiger partial charge on any atom is 0.341 e. The van der Waals surface area contributed by atoms with Crippen molar-refractivity contribution >= 4 is 34.4 Å². The average molecular weight is 358 g/mol. The number of carbonyl (C=O) groups excluding carboxylic acids is 1. The van der Waals surface area contributed by atoms with Crippen LogP contribution in [0, 0.1) is 5.82 Å². The number of pyridine rings is 1. The summed E-state index contributed by atoms with van der Waals surface area (Å²) in [4.78, 5) is 34.0. The number of carboxylic acid groups (broad SMARTS) is 1. The lowest BCUT2D eigenvalue weighted by Crippen LogP contribution is -2.20. The van der Waals surface area contributed by atoms with E-state index in [1.165, 1.54) is 17.6 Å². The summed E-state index contributed by atoms with van der Waals surface area (Å²) in [6, 6.07) is 2.11. The fourth-order valence-electron chi connectivity index (χ4n) is 2.05. The van der Waals surface area contributed by atoms with Gasteiger partial charge in [-0.3, -0.25) is 9.59 Å². The van der Waals surface area contributed by atoms with E-state index in [2.05, 4.69) is 0 Å². The van der Waals surface area contributed by atoms with Crippen LogP contribution in [0.2, 0.25) is 5.02 Å². The number of benzene rings is 1. The number of ether oxygens (including phenoxy) is 2. The predicted molar refractivity (Wildman–Crippen MR) is 82.7 cm³/mol. The molecule has 9 heteroatoms. The zero-order valence-electron chi connectivity index (χ0n) is 12.5. The molecule has 0 saturated carbocycles. The van der Waals surface area contributed by atoms with Gasteiger partial charge in [-0.25, -0.2) is 9.18 Å². The molecule has 1 N–H and O–H groups in total. The first kappa shape index (κ1) is 17.9. The number of hydrogen-bond acceptors (Lipinski definition) is 5. The highest BCUT2D eigenvalue weighted by Crippen LogP contribution is 2.21. The van der Waals surface area contributed by atoms with Gasteiger partial charge < -0.3 is 19.1 Å². The monoisotopic (exact) mass is 357 g/mol. The predicted octanol–water partition coefficient (Wildman–Crippen LogP) is 2.03. The molecule has 0 bridgehead atoms. The molecule has 0 atom stereocenters. The Hall–Kier alpha value is -2.45. The average Bonchev–Trinajstić information content (AvgIpc) is 2.50. The van der Waals surface area contributed by atoms with Crippen LogP contribution in [-0.4, -0.2) is 34.8 Å². The highest BCUT2D eigenvalue weighted by molar-refractivity contribution is 6.31. The van der Waals surface area contributed by atoms with Gasteiger partial charge in [-0.15, -0.1) is 0 Å². The largest absolute Gasteiger partial charge is 0.477 e. The van der Waals surface area contributed by atoms with Crippen molar-refractivity contribution in [3.63, 3.8) is 0 Å². The second-order valence-electron chi connectivity index (χ2n) is 4.81. The van der Waals surface area contributed by atoms with Gasteiger partial charge in [0, 0.05) is 18.5 Å². The molecule has 0 aliphatic carbocycles. The Kier molecular flexibility index (Phi) is 5.53. The van der Waals surface area contributed by atoms with Crippen LogP contribution in [0.4, 0.5) is 4.39 Å². The van der Waals surface area contributed by atoms with Gasteiger partial charge in [0.15, 0.2) is 0 Å². The van der Waals surface area contributed by atoms with Crippen LogP contribution >= 0.6 is 11.6 Å². The van der Waals surface area contributed by atoms with Crippen LogP contribution in [-0.2, 0) is 21.0 Å². The molecule has 0 amide bonds. The molecule has 1 aromatic carbocycles. The fraction of sp³-hybridized carbons (Fsp3) is 0.267. The van der Waals surface area contributed by atoms with Gasteiger partial charge in [0.1, 0.15) is 24.7 Å². The Bertz CT molecular complexity index is 863. The number of carboxylic acids is 1. The summed E-state index contributed by atoms with van der Waals surface area (Å²) in [6.45, 7) is 1.20. The lowest BCUT2D eigenvalue weighted by molar-refractivity contribution is -0.142. The third-order valence-corrected chi connectivity index (χ3v) is 3.41. The van der Waals surface area contributed by atoms with Gasteiger partial charge in [0.05, 0.1) is 17.1 Å². The quantitative estimate of drug-likeness (QED) is 0.628. The Balaban J connectivity index is 2.38. The second kappa shape index (κ2) is 7.41. The van der Waals surface area contributed by atoms with E-state index in [0.717, 1.165) is 12.3 Å². The summed E-state index contributed by atoms with van der Waals surface area (Å²) in [5.41, 5.74) is -1.11. The Morgan fingerprint density at radius 2 is 2.04 bits per heavy atom. The van der Waals surface area contributed by atoms with Crippen LogP contribution in [0.25, 0.3) is 10.9 Å². The van der Waals surface area contributed by atoms with Crippen LogP contribution in [0.5, 0.6) is 0 Å². The molecule has 7 nitrogen and oxygen atoms in total. The summed E-state index contributed by atoms with van der Waals surface area (Å²) >= 11 is 5.73. The molecule has 1 heterocycles. The summed E-state index contributed by atoms with van der Waals surface area (Å²) in [6.07, 6.45) is 1.09. The first-order chi connectivity index (χ1) is 11.3. The van der Waals surface area contributed by atoms with Gasteiger partial charge in [0.2, 0.25) is 5.43 Å². The Morgan fingerprint density at radius 3 is 2.67 bits per heavy atom. The van der Waals surface area contributed by atoms with Crippen molar-refractivity contribution in [2.75, 3.05) is 13.2 Å². The summed E-state index contributed by atoms with van der Waals surface area (Å²) in [5.74, 6) is -2.72. The second-order valence-corrected chi connectivity index (χ2v) is 5.21. The molecule has 0 radical (unpaired) electrons. The Morgan fingerprint density at radius 1 is 1.33 bits per heavy atom. The normalized spacial score (nSPS) is 10.8. The minimum atomic E-state index is -1.44. The molecule has 0 aliphatic heterocycles. The minimum Gasteiger partial charge on any atom is -0.477 e. The zero-order valence-corrected chi connectivity index (χ0v) is 13.3. The van der Waals surface area contributed by atoms with E-state index in [4.69, 9.17) is 26.2 Å². The summed E-state index contributed by atoms with van der Waals surface area (Å²) < 4.78 is 24.9. The molecule has 0 unspecified atom stereocenters. The van der Waals surface area contributed by atoms with Crippen molar-refractivity contribution in [1.82, 2.24) is 4.57 Å². The van der Waals surface area contributed by atoms with Crippen molar-refractivity contribution in [1.29, 1.82) is 0 Å². The standard InChI is InChI=1S/C15H13ClFNO6/c1-8(19)24-3-2-23-7-18-6-10(15(21)22)14(20)9-4-12(17)11(16)5-13(9)18/h4-6H,2-3,7H2,1H3,(H,21,22). The molecule has 24 heavy (non-hydrogen) atoms. The maximum atomic E-state index is 13.6. The number of hydrogen-bond donors (Lipinski definition) is 1. The van der Waals surface area contributed by atoms with Crippen molar-refractivity contribution in [3.8, 4) is 0 Å². The van der Waals surface area contributed by atoms with E-state index in [9.17, 15) is 18.8 Å². The number of rotatable bonds is 6. The van der Waals surface area contributed by atoms with Gasteiger partial charge >= 0.3 is 11.9 Å². The van der Waals surface area contributed by atoms with E-state index in [-0.39, 0.29) is 35.9 Å². The highest BCUT2D eigenvalue weighted by Gasteiger charge is 2.16. The van der Waals surface area contributed by atoms with Crippen LogP contribution in [0.15, 0.2) is 23.1 Å². The zero-order chi connectivity index (χ0) is 17.9. The fourth-order valence-corrected chi connectivity index (χ4v) is 2.21. The first-order valence-corrected chi connectivity index (χ1v) is 7.15. The molecule has 2 rings (SSSR count). The number of fused-ring (bicyclic) bond motifs is 1. The molecule has 0 spiro atoms. The van der Waals surface area contributed by atoms with Gasteiger partial charge in [-0.1, -0.05) is 11.6 Å².